The third-order valence-corrected chi connectivity index (χ3v) is 6.64. The topological polar surface area (TPSA) is 100 Å². The summed E-state index contributed by atoms with van der Waals surface area (Å²) in [6.45, 7) is 0.0111. The van der Waals surface area contributed by atoms with Crippen LogP contribution in [0.25, 0.3) is 16.9 Å². The summed E-state index contributed by atoms with van der Waals surface area (Å²) >= 11 is 0. The molecule has 2 aromatic carbocycles. The van der Waals surface area contributed by atoms with Crippen LogP contribution >= 0.6 is 0 Å². The van der Waals surface area contributed by atoms with Crippen molar-refractivity contribution in [2.24, 2.45) is 5.73 Å². The van der Waals surface area contributed by atoms with Crippen molar-refractivity contribution >= 4 is 17.1 Å². The maximum atomic E-state index is 14.0. The zero-order valence-corrected chi connectivity index (χ0v) is 21.4. The first kappa shape index (κ1) is 26.2. The Kier molecular flexibility index (Phi) is 7.47. The van der Waals surface area contributed by atoms with Crippen molar-refractivity contribution in [3.8, 4) is 23.3 Å². The molecule has 1 fully saturated rings. The van der Waals surface area contributed by atoms with Crippen molar-refractivity contribution < 1.29 is 13.5 Å². The number of imidazole rings is 1. The second-order valence-electron chi connectivity index (χ2n) is 9.32. The fraction of sp³-hybridized carbons (Fsp3) is 0.321. The second kappa shape index (κ2) is 11.1. The Morgan fingerprint density at radius 1 is 1.13 bits per heavy atom. The molecule has 1 unspecified atom stereocenters. The van der Waals surface area contributed by atoms with Gasteiger partial charge in [-0.25, -0.2) is 9.36 Å². The highest BCUT2D eigenvalue weighted by atomic mass is 19.3. The molecular formula is C28H28F2N6O3. The quantitative estimate of drug-likeness (QED) is 0.366. The number of nitrogens with two attached hydrogens (primary N) is 1. The number of hydrogen-bond acceptors (Lipinski definition) is 6. The highest BCUT2D eigenvalue weighted by molar-refractivity contribution is 5.76. The van der Waals surface area contributed by atoms with Gasteiger partial charge in [-0.05, 0) is 49.6 Å². The number of rotatable bonds is 7. The minimum atomic E-state index is -3.00. The summed E-state index contributed by atoms with van der Waals surface area (Å²) in [4.78, 5) is 34.7. The molecule has 1 atom stereocenters. The lowest BCUT2D eigenvalue weighted by Crippen LogP contribution is -2.44. The number of fused-ring (bicyclic) bond motifs is 1. The molecule has 0 bridgehead atoms. The highest BCUT2D eigenvalue weighted by Crippen LogP contribution is 2.25. The van der Waals surface area contributed by atoms with Crippen molar-refractivity contribution in [2.75, 3.05) is 18.0 Å². The molecule has 2 N–H and O–H groups in total. The van der Waals surface area contributed by atoms with Gasteiger partial charge < -0.3 is 15.4 Å². The molecule has 2 aromatic heterocycles. The summed E-state index contributed by atoms with van der Waals surface area (Å²) in [7, 11) is 0. The summed E-state index contributed by atoms with van der Waals surface area (Å²) < 4.78 is 34.3. The SMILES string of the molecule is CC#CCn1c(N2CCCC(N)C2)nc2c1c(=O)n(Cc1cccc(OC(F)F)c1)c(=O)n2-c1ccccc1. The number of piperidine rings is 1. The zero-order valence-electron chi connectivity index (χ0n) is 21.4. The molecule has 9 nitrogen and oxygen atoms in total. The minimum absolute atomic E-state index is 0.0417. The summed E-state index contributed by atoms with van der Waals surface area (Å²) in [5.41, 5.74) is 6.51. The number of anilines is 1. The summed E-state index contributed by atoms with van der Waals surface area (Å²) in [5, 5.41) is 0. The number of para-hydroxylation sites is 1. The van der Waals surface area contributed by atoms with Gasteiger partial charge in [0.05, 0.1) is 18.8 Å². The summed E-state index contributed by atoms with van der Waals surface area (Å²) in [6.07, 6.45) is 1.76. The lowest BCUT2D eigenvalue weighted by atomic mass is 10.1. The Labute approximate surface area is 223 Å². The molecule has 0 spiro atoms. The van der Waals surface area contributed by atoms with Gasteiger partial charge in [-0.1, -0.05) is 36.3 Å². The van der Waals surface area contributed by atoms with E-state index in [0.717, 1.165) is 17.4 Å². The third-order valence-electron chi connectivity index (χ3n) is 6.64. The lowest BCUT2D eigenvalue weighted by Gasteiger charge is -2.31. The van der Waals surface area contributed by atoms with Crippen LogP contribution in [0.5, 0.6) is 5.75 Å². The molecule has 39 heavy (non-hydrogen) atoms. The Morgan fingerprint density at radius 3 is 2.64 bits per heavy atom. The highest BCUT2D eigenvalue weighted by Gasteiger charge is 2.27. The van der Waals surface area contributed by atoms with Gasteiger partial charge in [0.25, 0.3) is 5.56 Å². The molecule has 1 aliphatic heterocycles. The van der Waals surface area contributed by atoms with Gasteiger partial charge in [-0.2, -0.15) is 13.8 Å². The molecule has 1 saturated heterocycles. The third kappa shape index (κ3) is 5.28. The van der Waals surface area contributed by atoms with E-state index in [2.05, 4.69) is 16.6 Å². The van der Waals surface area contributed by atoms with E-state index in [0.29, 0.717) is 30.3 Å². The second-order valence-corrected chi connectivity index (χ2v) is 9.32. The molecule has 11 heteroatoms. The van der Waals surface area contributed by atoms with Crippen molar-refractivity contribution in [3.63, 3.8) is 0 Å². The Balaban J connectivity index is 1.76. The number of ether oxygens (including phenoxy) is 1. The predicted octanol–water partition coefficient (Wildman–Crippen LogP) is 2.95. The predicted molar refractivity (Wildman–Crippen MR) is 145 cm³/mol. The zero-order chi connectivity index (χ0) is 27.5. The Bertz CT molecular complexity index is 1670. The van der Waals surface area contributed by atoms with E-state index < -0.39 is 17.9 Å². The van der Waals surface area contributed by atoms with Gasteiger partial charge >= 0.3 is 12.3 Å². The number of benzene rings is 2. The largest absolute Gasteiger partial charge is 0.435 e. The van der Waals surface area contributed by atoms with E-state index >= 15 is 0 Å². The molecule has 0 saturated carbocycles. The van der Waals surface area contributed by atoms with Crippen LogP contribution in [0, 0.1) is 11.8 Å². The average molecular weight is 535 g/mol. The number of hydrogen-bond donors (Lipinski definition) is 1. The lowest BCUT2D eigenvalue weighted by molar-refractivity contribution is -0.0498. The standard InChI is InChI=1S/C28H28F2N6O3/c1-2-3-15-34-23-24(32-27(34)33-14-8-10-20(31)18-33)36(21-11-5-4-6-12-21)28(38)35(25(23)37)17-19-9-7-13-22(16-19)39-26(29)30/h4-7,9,11-13,16,20,26H,8,10,14-15,17-18,31H2,1H3. The normalized spacial score (nSPS) is 15.4. The van der Waals surface area contributed by atoms with Gasteiger partial charge in [0.2, 0.25) is 5.95 Å². The van der Waals surface area contributed by atoms with Crippen molar-refractivity contribution in [2.45, 2.75) is 45.5 Å². The molecule has 1 aliphatic rings. The average Bonchev–Trinajstić information content (AvgIpc) is 3.29. The smallest absolute Gasteiger partial charge is 0.387 e. The fourth-order valence-electron chi connectivity index (χ4n) is 4.91. The molecule has 202 valence electrons. The molecular weight excluding hydrogens is 506 g/mol. The van der Waals surface area contributed by atoms with Crippen molar-refractivity contribution in [3.05, 3.63) is 81.0 Å². The summed E-state index contributed by atoms with van der Waals surface area (Å²) in [6, 6.07) is 14.8. The van der Waals surface area contributed by atoms with E-state index in [9.17, 15) is 18.4 Å². The molecule has 0 amide bonds. The van der Waals surface area contributed by atoms with E-state index in [4.69, 9.17) is 10.7 Å². The summed E-state index contributed by atoms with van der Waals surface area (Å²) in [5.74, 6) is 6.35. The maximum absolute atomic E-state index is 14.0. The first-order valence-corrected chi connectivity index (χ1v) is 12.6. The molecule has 0 aliphatic carbocycles. The number of aromatic nitrogens is 4. The van der Waals surface area contributed by atoms with Crippen molar-refractivity contribution in [1.29, 1.82) is 0 Å². The number of nitrogens with zero attached hydrogens (tertiary/aromatic N) is 5. The van der Waals surface area contributed by atoms with Crippen LogP contribution in [0.4, 0.5) is 14.7 Å². The Morgan fingerprint density at radius 2 is 1.92 bits per heavy atom. The monoisotopic (exact) mass is 534 g/mol. The van der Waals surface area contributed by atoms with Crippen LogP contribution in [0.1, 0.15) is 25.3 Å². The van der Waals surface area contributed by atoms with Crippen LogP contribution in [0.2, 0.25) is 0 Å². The van der Waals surface area contributed by atoms with E-state index in [1.54, 1.807) is 41.8 Å². The molecule has 4 aromatic rings. The molecule has 5 rings (SSSR count). The minimum Gasteiger partial charge on any atom is -0.435 e. The van der Waals surface area contributed by atoms with Gasteiger partial charge in [0.1, 0.15) is 5.75 Å². The van der Waals surface area contributed by atoms with Gasteiger partial charge in [0.15, 0.2) is 11.2 Å². The maximum Gasteiger partial charge on any atom is 0.387 e. The van der Waals surface area contributed by atoms with Crippen molar-refractivity contribution in [1.82, 2.24) is 18.7 Å². The van der Waals surface area contributed by atoms with Gasteiger partial charge in [-0.3, -0.25) is 13.9 Å². The van der Waals surface area contributed by atoms with Gasteiger partial charge in [0, 0.05) is 19.1 Å². The van der Waals surface area contributed by atoms with E-state index in [-0.39, 0.29) is 36.0 Å². The van der Waals surface area contributed by atoms with Crippen LogP contribution in [0.3, 0.4) is 0 Å². The van der Waals surface area contributed by atoms with Crippen LogP contribution in [-0.2, 0) is 13.1 Å². The van der Waals surface area contributed by atoms with Gasteiger partial charge in [-0.15, -0.1) is 5.92 Å². The molecule has 3 heterocycles. The number of halogens is 2. The Hall–Kier alpha value is -4.43. The number of alkyl halides is 2. The van der Waals surface area contributed by atoms with E-state index in [1.165, 1.54) is 22.8 Å². The molecule has 0 radical (unpaired) electrons. The first-order chi connectivity index (χ1) is 18.9. The van der Waals surface area contributed by atoms with Crippen LogP contribution in [-0.4, -0.2) is 44.4 Å². The first-order valence-electron chi connectivity index (χ1n) is 12.6. The fourth-order valence-corrected chi connectivity index (χ4v) is 4.91. The van der Waals surface area contributed by atoms with Crippen LogP contribution < -0.4 is 26.6 Å². The van der Waals surface area contributed by atoms with E-state index in [1.807, 2.05) is 11.0 Å². The van der Waals surface area contributed by atoms with Crippen LogP contribution in [0.15, 0.2) is 64.2 Å².